The van der Waals surface area contributed by atoms with Crippen molar-refractivity contribution >= 4 is 11.9 Å². The van der Waals surface area contributed by atoms with Gasteiger partial charge < -0.3 is 10.4 Å². The highest BCUT2D eigenvalue weighted by Gasteiger charge is 2.48. The molecule has 130 valence electrons. The number of unbranched alkanes of at least 4 members (excludes halogenated alkanes) is 1. The molecule has 2 atom stereocenters. The molecule has 0 unspecified atom stereocenters. The summed E-state index contributed by atoms with van der Waals surface area (Å²) in [6.45, 7) is 0. The summed E-state index contributed by atoms with van der Waals surface area (Å²) < 4.78 is 37.3. The Labute approximate surface area is 133 Å². The molecule has 3 saturated carbocycles. The van der Waals surface area contributed by atoms with Gasteiger partial charge in [-0.05, 0) is 56.3 Å². The van der Waals surface area contributed by atoms with Gasteiger partial charge in [-0.1, -0.05) is 12.2 Å². The van der Waals surface area contributed by atoms with Gasteiger partial charge in [-0.2, -0.15) is 13.2 Å². The van der Waals surface area contributed by atoms with Crippen LogP contribution in [0.1, 0.15) is 44.9 Å². The van der Waals surface area contributed by atoms with Crippen LogP contribution in [0.4, 0.5) is 13.2 Å². The number of allylic oxidation sites excluding steroid dienone is 2. The van der Waals surface area contributed by atoms with Crippen LogP contribution < -0.4 is 5.32 Å². The monoisotopic (exact) mass is 333 g/mol. The number of alkyl halides is 3. The molecule has 3 fully saturated rings. The van der Waals surface area contributed by atoms with Gasteiger partial charge in [0.2, 0.25) is 0 Å². The zero-order valence-corrected chi connectivity index (χ0v) is 12.8. The summed E-state index contributed by atoms with van der Waals surface area (Å²) in [7, 11) is 0. The van der Waals surface area contributed by atoms with E-state index in [-0.39, 0.29) is 12.3 Å². The van der Waals surface area contributed by atoms with Gasteiger partial charge in [-0.15, -0.1) is 0 Å². The lowest BCUT2D eigenvalue weighted by Crippen LogP contribution is -2.55. The van der Waals surface area contributed by atoms with E-state index >= 15 is 0 Å². The Morgan fingerprint density at radius 2 is 1.87 bits per heavy atom. The molecule has 3 aliphatic carbocycles. The van der Waals surface area contributed by atoms with Crippen LogP contribution in [0.5, 0.6) is 0 Å². The average molecular weight is 333 g/mol. The fraction of sp³-hybridized carbons (Fsp3) is 0.750. The SMILES string of the molecule is O=C(O)CCCC=CC[C@H]1C2CC(C2)C[C@@H]1NC(=O)C(F)(F)F. The first-order valence-electron chi connectivity index (χ1n) is 8.02. The molecule has 0 heterocycles. The highest BCUT2D eigenvalue weighted by molar-refractivity contribution is 5.82. The van der Waals surface area contributed by atoms with E-state index < -0.39 is 24.1 Å². The summed E-state index contributed by atoms with van der Waals surface area (Å²) in [5.41, 5.74) is 0. The first-order valence-corrected chi connectivity index (χ1v) is 8.02. The van der Waals surface area contributed by atoms with Gasteiger partial charge in [-0.3, -0.25) is 9.59 Å². The second-order valence-electron chi connectivity index (χ2n) is 6.57. The number of hydrogen-bond donors (Lipinski definition) is 2. The first kappa shape index (κ1) is 17.8. The van der Waals surface area contributed by atoms with Crippen molar-refractivity contribution in [3.8, 4) is 0 Å². The standard InChI is InChI=1S/C16H22F3NO3/c17-16(18,19)15(23)20-13-9-10-7-11(8-10)12(13)5-3-1-2-4-6-14(21)22/h1,3,10-13H,2,4-9H2,(H,20,23)(H,21,22)/t10?,11?,12-,13-/m0/s1. The molecule has 0 radical (unpaired) electrons. The molecule has 3 aliphatic rings. The Balaban J connectivity index is 1.83. The molecule has 2 bridgehead atoms. The number of amides is 1. The number of fused-ring (bicyclic) bond motifs is 2. The lowest BCUT2D eigenvalue weighted by Gasteiger charge is -2.51. The van der Waals surface area contributed by atoms with Crippen LogP contribution in [0.25, 0.3) is 0 Å². The van der Waals surface area contributed by atoms with Crippen molar-refractivity contribution in [3.05, 3.63) is 12.2 Å². The molecule has 0 aromatic heterocycles. The zero-order chi connectivity index (χ0) is 17.0. The third-order valence-electron chi connectivity index (χ3n) is 4.89. The lowest BCUT2D eigenvalue weighted by atomic mass is 9.57. The van der Waals surface area contributed by atoms with Crippen molar-refractivity contribution < 1.29 is 27.9 Å². The van der Waals surface area contributed by atoms with Gasteiger partial charge in [0.05, 0.1) is 0 Å². The maximum absolute atomic E-state index is 12.4. The van der Waals surface area contributed by atoms with E-state index in [2.05, 4.69) is 5.32 Å². The van der Waals surface area contributed by atoms with Crippen LogP contribution in [-0.2, 0) is 9.59 Å². The van der Waals surface area contributed by atoms with Crippen molar-refractivity contribution in [1.29, 1.82) is 0 Å². The quantitative estimate of drug-likeness (QED) is 0.555. The minimum atomic E-state index is -4.83. The summed E-state index contributed by atoms with van der Waals surface area (Å²) in [4.78, 5) is 21.6. The Kier molecular flexibility index (Phi) is 5.70. The van der Waals surface area contributed by atoms with Crippen LogP contribution in [0, 0.1) is 17.8 Å². The fourth-order valence-electron chi connectivity index (χ4n) is 3.71. The summed E-state index contributed by atoms with van der Waals surface area (Å²) in [6, 6.07) is -0.412. The largest absolute Gasteiger partial charge is 0.481 e. The summed E-state index contributed by atoms with van der Waals surface area (Å²) >= 11 is 0. The molecule has 0 saturated heterocycles. The summed E-state index contributed by atoms with van der Waals surface area (Å²) in [5, 5.41) is 10.7. The zero-order valence-electron chi connectivity index (χ0n) is 12.8. The maximum atomic E-state index is 12.4. The average Bonchev–Trinajstić information content (AvgIpc) is 2.41. The van der Waals surface area contributed by atoms with Crippen LogP contribution in [0.3, 0.4) is 0 Å². The first-order chi connectivity index (χ1) is 10.8. The predicted molar refractivity (Wildman–Crippen MR) is 77.6 cm³/mol. The molecule has 0 aliphatic heterocycles. The van der Waals surface area contributed by atoms with E-state index in [9.17, 15) is 22.8 Å². The van der Waals surface area contributed by atoms with Crippen LogP contribution in [-0.4, -0.2) is 29.2 Å². The van der Waals surface area contributed by atoms with Crippen molar-refractivity contribution in [3.63, 3.8) is 0 Å². The molecule has 2 N–H and O–H groups in total. The molecular weight excluding hydrogens is 311 g/mol. The highest BCUT2D eigenvalue weighted by Crippen LogP contribution is 2.50. The van der Waals surface area contributed by atoms with Crippen molar-refractivity contribution in [1.82, 2.24) is 5.32 Å². The minimum absolute atomic E-state index is 0.0435. The molecular formula is C16H22F3NO3. The number of halogens is 3. The molecule has 0 aromatic rings. The predicted octanol–water partition coefficient (Wildman–Crippen LogP) is 3.28. The van der Waals surface area contributed by atoms with E-state index in [0.29, 0.717) is 37.5 Å². The van der Waals surface area contributed by atoms with Crippen LogP contribution >= 0.6 is 0 Å². The lowest BCUT2D eigenvalue weighted by molar-refractivity contribution is -0.176. The molecule has 23 heavy (non-hydrogen) atoms. The Hall–Kier alpha value is -1.53. The number of hydrogen-bond acceptors (Lipinski definition) is 2. The number of nitrogens with one attached hydrogen (secondary N) is 1. The second-order valence-corrected chi connectivity index (χ2v) is 6.57. The van der Waals surface area contributed by atoms with E-state index in [0.717, 1.165) is 12.8 Å². The molecule has 4 nitrogen and oxygen atoms in total. The molecule has 3 rings (SSSR count). The summed E-state index contributed by atoms with van der Waals surface area (Å²) in [5.74, 6) is -1.81. The molecule has 0 spiro atoms. The van der Waals surface area contributed by atoms with Gasteiger partial charge >= 0.3 is 18.1 Å². The number of carbonyl (C=O) groups excluding carboxylic acids is 1. The highest BCUT2D eigenvalue weighted by atomic mass is 19.4. The molecule has 0 aromatic carbocycles. The summed E-state index contributed by atoms with van der Waals surface area (Å²) in [6.07, 6.45) is 3.60. The molecule has 7 heteroatoms. The second kappa shape index (κ2) is 7.36. The Morgan fingerprint density at radius 3 is 2.48 bits per heavy atom. The van der Waals surface area contributed by atoms with Crippen molar-refractivity contribution in [2.24, 2.45) is 17.8 Å². The number of carboxylic acid groups (broad SMARTS) is 1. The topological polar surface area (TPSA) is 66.4 Å². The smallest absolute Gasteiger partial charge is 0.471 e. The minimum Gasteiger partial charge on any atom is -0.481 e. The van der Waals surface area contributed by atoms with Gasteiger partial charge in [0.25, 0.3) is 0 Å². The number of carboxylic acids is 1. The van der Waals surface area contributed by atoms with Gasteiger partial charge in [0.15, 0.2) is 0 Å². The van der Waals surface area contributed by atoms with E-state index in [4.69, 9.17) is 5.11 Å². The van der Waals surface area contributed by atoms with E-state index in [1.54, 1.807) is 0 Å². The van der Waals surface area contributed by atoms with Gasteiger partial charge in [-0.25, -0.2) is 0 Å². The normalized spacial score (nSPS) is 30.0. The molecule has 1 amide bonds. The number of carbonyl (C=O) groups is 2. The number of rotatable bonds is 7. The fourth-order valence-corrected chi connectivity index (χ4v) is 3.71. The number of aliphatic carboxylic acids is 1. The maximum Gasteiger partial charge on any atom is 0.471 e. The van der Waals surface area contributed by atoms with Crippen molar-refractivity contribution in [2.75, 3.05) is 0 Å². The van der Waals surface area contributed by atoms with Crippen LogP contribution in [0.15, 0.2) is 12.2 Å². The third-order valence-corrected chi connectivity index (χ3v) is 4.89. The Bertz CT molecular complexity index is 470. The van der Waals surface area contributed by atoms with Crippen molar-refractivity contribution in [2.45, 2.75) is 57.2 Å². The van der Waals surface area contributed by atoms with Gasteiger partial charge in [0, 0.05) is 12.5 Å². The van der Waals surface area contributed by atoms with Crippen LogP contribution in [0.2, 0.25) is 0 Å². The Morgan fingerprint density at radius 1 is 1.17 bits per heavy atom. The van der Waals surface area contributed by atoms with Gasteiger partial charge in [0.1, 0.15) is 0 Å². The third kappa shape index (κ3) is 4.97. The van der Waals surface area contributed by atoms with E-state index in [1.807, 2.05) is 12.2 Å². The van der Waals surface area contributed by atoms with E-state index in [1.165, 1.54) is 0 Å².